The summed E-state index contributed by atoms with van der Waals surface area (Å²) in [5.41, 5.74) is 6.60. The van der Waals surface area contributed by atoms with Crippen LogP contribution in [0.15, 0.2) is 85.1 Å². The Labute approximate surface area is 155 Å². The molecule has 0 unspecified atom stereocenters. The molecule has 0 aliphatic carbocycles. The van der Waals surface area contributed by atoms with Crippen molar-refractivity contribution in [2.45, 2.75) is 13.0 Å². The summed E-state index contributed by atoms with van der Waals surface area (Å²) in [6, 6.07) is 28.2. The molecule has 4 rings (SSSR count). The van der Waals surface area contributed by atoms with E-state index in [1.807, 2.05) is 0 Å². The molecule has 0 aliphatic rings. The van der Waals surface area contributed by atoms with E-state index in [1.54, 1.807) is 0 Å². The molecule has 0 N–H and O–H groups in total. The maximum atomic E-state index is 2.37. The van der Waals surface area contributed by atoms with Gasteiger partial charge in [-0.3, -0.25) is 0 Å². The molecular formula is C24H24N2. The number of hydrogen-bond donors (Lipinski definition) is 0. The van der Waals surface area contributed by atoms with E-state index in [0.29, 0.717) is 0 Å². The van der Waals surface area contributed by atoms with Crippen LogP contribution in [-0.4, -0.2) is 18.7 Å². The van der Waals surface area contributed by atoms with Crippen LogP contribution in [0, 0.1) is 0 Å². The highest BCUT2D eigenvalue weighted by molar-refractivity contribution is 5.84. The van der Waals surface area contributed by atoms with Crippen molar-refractivity contribution in [3.63, 3.8) is 0 Å². The third-order valence-corrected chi connectivity index (χ3v) is 4.91. The molecule has 0 saturated carbocycles. The molecule has 4 aromatic rings. The first kappa shape index (κ1) is 16.5. The fourth-order valence-electron chi connectivity index (χ4n) is 3.51. The lowest BCUT2D eigenvalue weighted by Gasteiger charge is -2.12. The zero-order chi connectivity index (χ0) is 17.9. The zero-order valence-electron chi connectivity index (χ0n) is 15.4. The van der Waals surface area contributed by atoms with Gasteiger partial charge in [0.05, 0.1) is 0 Å². The smallest absolute Gasteiger partial charge is 0.0486 e. The minimum Gasteiger partial charge on any atom is -0.378 e. The first-order valence-corrected chi connectivity index (χ1v) is 9.07. The fraction of sp³-hybridized carbons (Fsp3) is 0.167. The average Bonchev–Trinajstić information content (AvgIpc) is 3.01. The summed E-state index contributed by atoms with van der Waals surface area (Å²) in [4.78, 5) is 2.13. The van der Waals surface area contributed by atoms with Gasteiger partial charge in [0, 0.05) is 43.4 Å². The van der Waals surface area contributed by atoms with Gasteiger partial charge in [-0.25, -0.2) is 0 Å². The minimum absolute atomic E-state index is 0.904. The highest BCUT2D eigenvalue weighted by Crippen LogP contribution is 2.25. The number of nitrogens with zero attached hydrogens (tertiary/aromatic N) is 2. The van der Waals surface area contributed by atoms with Gasteiger partial charge >= 0.3 is 0 Å². The largest absolute Gasteiger partial charge is 0.378 e. The van der Waals surface area contributed by atoms with E-state index in [-0.39, 0.29) is 0 Å². The second-order valence-electron chi connectivity index (χ2n) is 7.02. The quantitative estimate of drug-likeness (QED) is 0.476. The molecule has 2 nitrogen and oxygen atoms in total. The minimum atomic E-state index is 0.904. The van der Waals surface area contributed by atoms with Gasteiger partial charge < -0.3 is 9.47 Å². The molecule has 1 heterocycles. The molecule has 2 heteroatoms. The standard InChI is InChI=1S/C24H24N2/c1-25(2)22-14-12-19(13-15-22)16-21-18-26(17-20-8-4-3-5-9-20)24-11-7-6-10-23(21)24/h3-15,18H,16-17H2,1-2H3. The molecule has 0 bridgehead atoms. The lowest BCUT2D eigenvalue weighted by Crippen LogP contribution is -2.08. The van der Waals surface area contributed by atoms with Crippen molar-refractivity contribution in [3.8, 4) is 0 Å². The molecular weight excluding hydrogens is 316 g/mol. The van der Waals surface area contributed by atoms with Crippen LogP contribution in [0.2, 0.25) is 0 Å². The molecule has 0 aliphatic heterocycles. The predicted octanol–water partition coefficient (Wildman–Crippen LogP) is 5.35. The molecule has 1 aromatic heterocycles. The van der Waals surface area contributed by atoms with Crippen molar-refractivity contribution in [2.24, 2.45) is 0 Å². The van der Waals surface area contributed by atoms with Crippen LogP contribution in [0.3, 0.4) is 0 Å². The molecule has 3 aromatic carbocycles. The van der Waals surface area contributed by atoms with Crippen molar-refractivity contribution >= 4 is 16.6 Å². The van der Waals surface area contributed by atoms with Gasteiger partial charge in [0.25, 0.3) is 0 Å². The Morgan fingerprint density at radius 1 is 0.731 bits per heavy atom. The number of para-hydroxylation sites is 1. The number of benzene rings is 3. The van der Waals surface area contributed by atoms with Gasteiger partial charge in [-0.1, -0.05) is 60.7 Å². The van der Waals surface area contributed by atoms with Gasteiger partial charge in [-0.2, -0.15) is 0 Å². The van der Waals surface area contributed by atoms with Gasteiger partial charge in [-0.05, 0) is 41.3 Å². The van der Waals surface area contributed by atoms with E-state index in [4.69, 9.17) is 0 Å². The summed E-state index contributed by atoms with van der Waals surface area (Å²) >= 11 is 0. The highest BCUT2D eigenvalue weighted by atomic mass is 15.1. The summed E-state index contributed by atoms with van der Waals surface area (Å²) in [5.74, 6) is 0. The number of fused-ring (bicyclic) bond motifs is 1. The Morgan fingerprint density at radius 3 is 2.15 bits per heavy atom. The van der Waals surface area contributed by atoms with E-state index in [0.717, 1.165) is 13.0 Å². The van der Waals surface area contributed by atoms with E-state index in [2.05, 4.69) is 109 Å². The monoisotopic (exact) mass is 340 g/mol. The third-order valence-electron chi connectivity index (χ3n) is 4.91. The number of anilines is 1. The van der Waals surface area contributed by atoms with E-state index in [9.17, 15) is 0 Å². The van der Waals surface area contributed by atoms with Crippen molar-refractivity contribution in [2.75, 3.05) is 19.0 Å². The van der Waals surface area contributed by atoms with Crippen molar-refractivity contribution in [1.82, 2.24) is 4.57 Å². The number of aromatic nitrogens is 1. The van der Waals surface area contributed by atoms with Crippen LogP contribution in [0.25, 0.3) is 10.9 Å². The van der Waals surface area contributed by atoms with Crippen molar-refractivity contribution in [3.05, 3.63) is 102 Å². The van der Waals surface area contributed by atoms with Crippen LogP contribution in [0.4, 0.5) is 5.69 Å². The maximum Gasteiger partial charge on any atom is 0.0486 e. The lowest BCUT2D eigenvalue weighted by molar-refractivity contribution is 0.832. The summed E-state index contributed by atoms with van der Waals surface area (Å²) in [6.45, 7) is 0.904. The Hall–Kier alpha value is -3.00. The Bertz CT molecular complexity index is 996. The summed E-state index contributed by atoms with van der Waals surface area (Å²) < 4.78 is 2.37. The van der Waals surface area contributed by atoms with Crippen molar-refractivity contribution in [1.29, 1.82) is 0 Å². The summed E-state index contributed by atoms with van der Waals surface area (Å²) in [5, 5.41) is 1.35. The molecule has 26 heavy (non-hydrogen) atoms. The normalized spacial score (nSPS) is 11.0. The lowest BCUT2D eigenvalue weighted by atomic mass is 10.0. The first-order valence-electron chi connectivity index (χ1n) is 9.07. The summed E-state index contributed by atoms with van der Waals surface area (Å²) in [6.07, 6.45) is 3.27. The van der Waals surface area contributed by atoms with Crippen LogP contribution in [0.5, 0.6) is 0 Å². The SMILES string of the molecule is CN(C)c1ccc(Cc2cn(Cc3ccccc3)c3ccccc23)cc1. The topological polar surface area (TPSA) is 8.17 Å². The highest BCUT2D eigenvalue weighted by Gasteiger charge is 2.09. The van der Waals surface area contributed by atoms with Gasteiger partial charge in [0.2, 0.25) is 0 Å². The Balaban J connectivity index is 1.67. The fourth-order valence-corrected chi connectivity index (χ4v) is 3.51. The molecule has 0 saturated heterocycles. The second kappa shape index (κ2) is 7.09. The van der Waals surface area contributed by atoms with Gasteiger partial charge in [0.1, 0.15) is 0 Å². The molecule has 0 amide bonds. The Kier molecular flexibility index (Phi) is 4.49. The van der Waals surface area contributed by atoms with Gasteiger partial charge in [-0.15, -0.1) is 0 Å². The zero-order valence-corrected chi connectivity index (χ0v) is 15.4. The van der Waals surface area contributed by atoms with Crippen molar-refractivity contribution < 1.29 is 0 Å². The van der Waals surface area contributed by atoms with Crippen LogP contribution in [-0.2, 0) is 13.0 Å². The molecule has 130 valence electrons. The summed E-state index contributed by atoms with van der Waals surface area (Å²) in [7, 11) is 4.15. The second-order valence-corrected chi connectivity index (χ2v) is 7.02. The van der Waals surface area contributed by atoms with Crippen LogP contribution < -0.4 is 4.90 Å². The average molecular weight is 340 g/mol. The van der Waals surface area contributed by atoms with Crippen LogP contribution >= 0.6 is 0 Å². The first-order chi connectivity index (χ1) is 12.7. The molecule has 0 spiro atoms. The van der Waals surface area contributed by atoms with Crippen LogP contribution in [0.1, 0.15) is 16.7 Å². The number of rotatable bonds is 5. The third kappa shape index (κ3) is 3.36. The molecule has 0 fully saturated rings. The molecule has 0 atom stereocenters. The van der Waals surface area contributed by atoms with E-state index >= 15 is 0 Å². The van der Waals surface area contributed by atoms with E-state index < -0.39 is 0 Å². The Morgan fingerprint density at radius 2 is 1.42 bits per heavy atom. The van der Waals surface area contributed by atoms with Gasteiger partial charge in [0.15, 0.2) is 0 Å². The molecule has 0 radical (unpaired) electrons. The number of hydrogen-bond acceptors (Lipinski definition) is 1. The van der Waals surface area contributed by atoms with E-state index in [1.165, 1.54) is 33.3 Å². The predicted molar refractivity (Wildman–Crippen MR) is 111 cm³/mol. The maximum absolute atomic E-state index is 2.37.